The largest absolute Gasteiger partial charge is 0.349 e. The van der Waals surface area contributed by atoms with Crippen molar-refractivity contribution < 1.29 is 0 Å². The van der Waals surface area contributed by atoms with Crippen LogP contribution in [-0.2, 0) is 13.1 Å². The molecule has 0 spiro atoms. The first-order chi connectivity index (χ1) is 8.83. The number of hydrogen-bond acceptors (Lipinski definition) is 5. The second kappa shape index (κ2) is 6.51. The van der Waals surface area contributed by atoms with Crippen molar-refractivity contribution in [1.82, 2.24) is 20.3 Å². The van der Waals surface area contributed by atoms with Crippen LogP contribution in [0.4, 0.5) is 5.13 Å². The van der Waals surface area contributed by atoms with Crippen LogP contribution in [0, 0.1) is 0 Å². The maximum absolute atomic E-state index is 4.46. The Balaban J connectivity index is 1.83. The minimum Gasteiger partial charge on any atom is -0.349 e. The van der Waals surface area contributed by atoms with E-state index in [0.717, 1.165) is 37.0 Å². The fraction of sp³-hybridized carbons (Fsp3) is 0.500. The summed E-state index contributed by atoms with van der Waals surface area (Å²) in [5, 5.41) is 4.48. The van der Waals surface area contributed by atoms with Crippen LogP contribution < -0.4 is 10.2 Å². The number of H-pyrrole nitrogens is 1. The SMILES string of the molecule is CCN(CC)c1ncc(CNCc2cnc[nH]2)s1. The molecule has 0 saturated carbocycles. The van der Waals surface area contributed by atoms with Crippen molar-refractivity contribution in [3.63, 3.8) is 0 Å². The third-order valence-electron chi connectivity index (χ3n) is 2.74. The summed E-state index contributed by atoms with van der Waals surface area (Å²) in [5.74, 6) is 0. The van der Waals surface area contributed by atoms with Crippen LogP contribution in [0.5, 0.6) is 0 Å². The molecule has 2 aromatic heterocycles. The molecule has 5 nitrogen and oxygen atoms in total. The third-order valence-corrected chi connectivity index (χ3v) is 3.80. The molecule has 0 atom stereocenters. The number of aromatic nitrogens is 3. The maximum Gasteiger partial charge on any atom is 0.185 e. The smallest absolute Gasteiger partial charge is 0.185 e. The number of aromatic amines is 1. The van der Waals surface area contributed by atoms with Gasteiger partial charge in [-0.1, -0.05) is 0 Å². The van der Waals surface area contributed by atoms with E-state index < -0.39 is 0 Å². The number of thiazole rings is 1. The molecule has 2 aromatic rings. The summed E-state index contributed by atoms with van der Waals surface area (Å²) >= 11 is 1.75. The number of nitrogens with zero attached hydrogens (tertiary/aromatic N) is 3. The maximum atomic E-state index is 4.46. The highest BCUT2D eigenvalue weighted by molar-refractivity contribution is 7.15. The Morgan fingerprint density at radius 2 is 2.11 bits per heavy atom. The van der Waals surface area contributed by atoms with Crippen LogP contribution in [0.15, 0.2) is 18.7 Å². The Bertz CT molecular complexity index is 447. The van der Waals surface area contributed by atoms with Crippen molar-refractivity contribution >= 4 is 16.5 Å². The molecule has 0 amide bonds. The molecule has 0 saturated heterocycles. The van der Waals surface area contributed by atoms with E-state index in [0.29, 0.717) is 0 Å². The average molecular weight is 265 g/mol. The molecule has 6 heteroatoms. The molecule has 18 heavy (non-hydrogen) atoms. The standard InChI is InChI=1S/C12H19N5S/c1-3-17(4-2)12-15-8-11(18-12)7-13-5-10-6-14-9-16-10/h6,8-9,13H,3-5,7H2,1-2H3,(H,14,16). The number of rotatable bonds is 7. The molecule has 0 bridgehead atoms. The van der Waals surface area contributed by atoms with E-state index in [1.54, 1.807) is 17.7 Å². The second-order valence-electron chi connectivity index (χ2n) is 3.96. The van der Waals surface area contributed by atoms with E-state index in [-0.39, 0.29) is 0 Å². The molecular formula is C12H19N5S. The van der Waals surface area contributed by atoms with Crippen LogP contribution in [0.3, 0.4) is 0 Å². The number of hydrogen-bond donors (Lipinski definition) is 2. The zero-order valence-electron chi connectivity index (χ0n) is 10.8. The number of imidazole rings is 1. The minimum absolute atomic E-state index is 0.804. The van der Waals surface area contributed by atoms with E-state index in [1.807, 2.05) is 12.4 Å². The van der Waals surface area contributed by atoms with Gasteiger partial charge in [0.25, 0.3) is 0 Å². The van der Waals surface area contributed by atoms with Crippen LogP contribution in [0.1, 0.15) is 24.4 Å². The van der Waals surface area contributed by atoms with Gasteiger partial charge in [-0.3, -0.25) is 0 Å². The molecule has 0 aliphatic carbocycles. The average Bonchev–Trinajstić information content (AvgIpc) is 3.03. The van der Waals surface area contributed by atoms with Crippen molar-refractivity contribution in [2.75, 3.05) is 18.0 Å². The van der Waals surface area contributed by atoms with Crippen molar-refractivity contribution in [2.45, 2.75) is 26.9 Å². The monoisotopic (exact) mass is 265 g/mol. The lowest BCUT2D eigenvalue weighted by Gasteiger charge is -2.16. The van der Waals surface area contributed by atoms with Gasteiger partial charge < -0.3 is 15.2 Å². The molecule has 2 N–H and O–H groups in total. The Morgan fingerprint density at radius 3 is 2.78 bits per heavy atom. The summed E-state index contributed by atoms with van der Waals surface area (Å²) in [4.78, 5) is 15.0. The van der Waals surface area contributed by atoms with Crippen molar-refractivity contribution in [2.24, 2.45) is 0 Å². The lowest BCUT2D eigenvalue weighted by Crippen LogP contribution is -2.21. The van der Waals surface area contributed by atoms with Crippen LogP contribution >= 0.6 is 11.3 Å². The second-order valence-corrected chi connectivity index (χ2v) is 5.06. The lowest BCUT2D eigenvalue weighted by molar-refractivity contribution is 0.688. The summed E-state index contributed by atoms with van der Waals surface area (Å²) < 4.78 is 0. The normalized spacial score (nSPS) is 10.8. The van der Waals surface area contributed by atoms with E-state index in [9.17, 15) is 0 Å². The summed E-state index contributed by atoms with van der Waals surface area (Å²) in [6, 6.07) is 0. The van der Waals surface area contributed by atoms with Crippen LogP contribution in [0.2, 0.25) is 0 Å². The van der Waals surface area contributed by atoms with E-state index in [4.69, 9.17) is 0 Å². The Kier molecular flexibility index (Phi) is 4.72. The zero-order chi connectivity index (χ0) is 12.8. The van der Waals surface area contributed by atoms with Crippen LogP contribution in [-0.4, -0.2) is 28.0 Å². The van der Waals surface area contributed by atoms with Gasteiger partial charge in [-0.2, -0.15) is 0 Å². The van der Waals surface area contributed by atoms with Gasteiger partial charge in [-0.25, -0.2) is 9.97 Å². The van der Waals surface area contributed by atoms with Gasteiger partial charge in [-0.05, 0) is 13.8 Å². The fourth-order valence-corrected chi connectivity index (χ4v) is 2.73. The van der Waals surface area contributed by atoms with Crippen molar-refractivity contribution in [1.29, 1.82) is 0 Å². The first kappa shape index (κ1) is 13.0. The molecule has 0 aliphatic heterocycles. The fourth-order valence-electron chi connectivity index (χ4n) is 1.72. The third kappa shape index (κ3) is 3.30. The van der Waals surface area contributed by atoms with E-state index in [2.05, 4.69) is 39.0 Å². The van der Waals surface area contributed by atoms with Crippen LogP contribution in [0.25, 0.3) is 0 Å². The van der Waals surface area contributed by atoms with Gasteiger partial charge in [0.1, 0.15) is 0 Å². The van der Waals surface area contributed by atoms with Gasteiger partial charge >= 0.3 is 0 Å². The summed E-state index contributed by atoms with van der Waals surface area (Å²) in [6.45, 7) is 7.97. The predicted molar refractivity (Wildman–Crippen MR) is 74.8 cm³/mol. The lowest BCUT2D eigenvalue weighted by atomic mass is 10.4. The quantitative estimate of drug-likeness (QED) is 0.804. The minimum atomic E-state index is 0.804. The molecule has 2 rings (SSSR count). The first-order valence-corrected chi connectivity index (χ1v) is 7.02. The topological polar surface area (TPSA) is 56.8 Å². The van der Waals surface area contributed by atoms with Crippen molar-refractivity contribution in [3.05, 3.63) is 29.3 Å². The summed E-state index contributed by atoms with van der Waals surface area (Å²) in [6.07, 6.45) is 5.49. The van der Waals surface area contributed by atoms with Gasteiger partial charge in [-0.15, -0.1) is 11.3 Å². The molecule has 0 aromatic carbocycles. The van der Waals surface area contributed by atoms with Gasteiger partial charge in [0.15, 0.2) is 5.13 Å². The molecular weight excluding hydrogens is 246 g/mol. The Labute approximate surface area is 111 Å². The van der Waals surface area contributed by atoms with Gasteiger partial charge in [0.2, 0.25) is 0 Å². The molecule has 0 fully saturated rings. The first-order valence-electron chi connectivity index (χ1n) is 6.21. The van der Waals surface area contributed by atoms with Crippen molar-refractivity contribution in [3.8, 4) is 0 Å². The molecule has 2 heterocycles. The number of anilines is 1. The Morgan fingerprint density at radius 1 is 1.28 bits per heavy atom. The molecule has 0 aliphatic rings. The predicted octanol–water partition coefficient (Wildman–Crippen LogP) is 2.00. The molecule has 0 unspecified atom stereocenters. The van der Waals surface area contributed by atoms with Gasteiger partial charge in [0, 0.05) is 49.1 Å². The Hall–Kier alpha value is -1.40. The van der Waals surface area contributed by atoms with E-state index in [1.165, 1.54) is 4.88 Å². The van der Waals surface area contributed by atoms with Gasteiger partial charge in [0.05, 0.1) is 6.33 Å². The van der Waals surface area contributed by atoms with E-state index >= 15 is 0 Å². The highest BCUT2D eigenvalue weighted by atomic mass is 32.1. The highest BCUT2D eigenvalue weighted by Gasteiger charge is 2.07. The highest BCUT2D eigenvalue weighted by Crippen LogP contribution is 2.21. The number of nitrogens with one attached hydrogen (secondary N) is 2. The summed E-state index contributed by atoms with van der Waals surface area (Å²) in [7, 11) is 0. The molecule has 0 radical (unpaired) electrons. The summed E-state index contributed by atoms with van der Waals surface area (Å²) in [5.41, 5.74) is 1.10. The zero-order valence-corrected chi connectivity index (χ0v) is 11.6. The molecule has 98 valence electrons.